The third-order valence-electron chi connectivity index (χ3n) is 5.00. The lowest BCUT2D eigenvalue weighted by molar-refractivity contribution is 0.113. The zero-order chi connectivity index (χ0) is 17.1. The predicted octanol–water partition coefficient (Wildman–Crippen LogP) is 1.71. The predicted molar refractivity (Wildman–Crippen MR) is 98.0 cm³/mol. The fourth-order valence-corrected chi connectivity index (χ4v) is 3.67. The quantitative estimate of drug-likeness (QED) is 0.836. The molecule has 24 heavy (non-hydrogen) atoms. The highest BCUT2D eigenvalue weighted by Gasteiger charge is 2.24. The smallest absolute Gasteiger partial charge is 0.227 e. The standard InChI is InChI=1S/C18H31N5O/c1-14-15(2)19-18(22-7-5-6-8-22)20-17(14)23-9-10-24-13-16(12-23)11-21(3)4/h16H,5-13H2,1-4H3/t16-/m0/s1. The lowest BCUT2D eigenvalue weighted by Crippen LogP contribution is -2.36. The summed E-state index contributed by atoms with van der Waals surface area (Å²) in [7, 11) is 4.25. The Labute approximate surface area is 145 Å². The molecule has 1 atom stereocenters. The van der Waals surface area contributed by atoms with E-state index in [1.807, 2.05) is 0 Å². The summed E-state index contributed by atoms with van der Waals surface area (Å²) >= 11 is 0. The maximum atomic E-state index is 5.84. The molecule has 1 aromatic rings. The van der Waals surface area contributed by atoms with Crippen molar-refractivity contribution in [1.29, 1.82) is 0 Å². The second kappa shape index (κ2) is 7.66. The normalized spacial score (nSPS) is 22.3. The summed E-state index contributed by atoms with van der Waals surface area (Å²) in [5.74, 6) is 2.51. The summed E-state index contributed by atoms with van der Waals surface area (Å²) < 4.78 is 5.84. The largest absolute Gasteiger partial charge is 0.379 e. The van der Waals surface area contributed by atoms with E-state index in [1.54, 1.807) is 0 Å². The van der Waals surface area contributed by atoms with Gasteiger partial charge in [-0.15, -0.1) is 0 Å². The lowest BCUT2D eigenvalue weighted by atomic mass is 10.1. The Hall–Kier alpha value is -1.40. The summed E-state index contributed by atoms with van der Waals surface area (Å²) in [6.45, 7) is 10.9. The van der Waals surface area contributed by atoms with E-state index in [2.05, 4.69) is 42.6 Å². The van der Waals surface area contributed by atoms with Crippen molar-refractivity contribution in [2.45, 2.75) is 26.7 Å². The molecule has 0 aliphatic carbocycles. The first kappa shape index (κ1) is 17.4. The highest BCUT2D eigenvalue weighted by atomic mass is 16.5. The van der Waals surface area contributed by atoms with Crippen LogP contribution in [-0.2, 0) is 4.74 Å². The van der Waals surface area contributed by atoms with Crippen molar-refractivity contribution < 1.29 is 4.74 Å². The van der Waals surface area contributed by atoms with E-state index in [0.717, 1.165) is 63.4 Å². The first-order valence-electron chi connectivity index (χ1n) is 9.12. The summed E-state index contributed by atoms with van der Waals surface area (Å²) in [4.78, 5) is 16.7. The average molecular weight is 333 g/mol. The molecule has 0 bridgehead atoms. The highest BCUT2D eigenvalue weighted by molar-refractivity contribution is 5.53. The molecule has 2 fully saturated rings. The Morgan fingerprint density at radius 2 is 1.83 bits per heavy atom. The first-order valence-corrected chi connectivity index (χ1v) is 9.12. The molecular weight excluding hydrogens is 302 g/mol. The number of hydrogen-bond donors (Lipinski definition) is 0. The Morgan fingerprint density at radius 1 is 1.08 bits per heavy atom. The molecule has 0 saturated carbocycles. The SMILES string of the molecule is Cc1nc(N2CCCC2)nc(N2CCOC[C@@H](CN(C)C)C2)c1C. The highest BCUT2D eigenvalue weighted by Crippen LogP contribution is 2.26. The van der Waals surface area contributed by atoms with Crippen LogP contribution in [-0.4, -0.2) is 74.9 Å². The number of aromatic nitrogens is 2. The van der Waals surface area contributed by atoms with Crippen LogP contribution in [0.25, 0.3) is 0 Å². The van der Waals surface area contributed by atoms with Gasteiger partial charge in [0.05, 0.1) is 13.2 Å². The molecule has 0 radical (unpaired) electrons. The van der Waals surface area contributed by atoms with Crippen molar-refractivity contribution >= 4 is 11.8 Å². The van der Waals surface area contributed by atoms with Crippen molar-refractivity contribution in [3.8, 4) is 0 Å². The number of nitrogens with zero attached hydrogens (tertiary/aromatic N) is 5. The molecule has 0 N–H and O–H groups in total. The lowest BCUT2D eigenvalue weighted by Gasteiger charge is -2.29. The molecule has 2 aliphatic heterocycles. The van der Waals surface area contributed by atoms with Gasteiger partial charge >= 0.3 is 0 Å². The van der Waals surface area contributed by atoms with Crippen molar-refractivity contribution in [2.75, 3.05) is 69.8 Å². The van der Waals surface area contributed by atoms with Gasteiger partial charge in [0.15, 0.2) is 0 Å². The van der Waals surface area contributed by atoms with Gasteiger partial charge in [0.25, 0.3) is 0 Å². The zero-order valence-corrected chi connectivity index (χ0v) is 15.6. The molecule has 6 heteroatoms. The topological polar surface area (TPSA) is 44.7 Å². The number of hydrogen-bond acceptors (Lipinski definition) is 6. The molecule has 1 aromatic heterocycles. The molecule has 3 rings (SSSR count). The van der Waals surface area contributed by atoms with E-state index in [0.29, 0.717) is 5.92 Å². The zero-order valence-electron chi connectivity index (χ0n) is 15.6. The summed E-state index contributed by atoms with van der Waals surface area (Å²) in [6.07, 6.45) is 2.49. The number of rotatable bonds is 4. The van der Waals surface area contributed by atoms with E-state index in [1.165, 1.54) is 18.4 Å². The maximum absolute atomic E-state index is 5.84. The van der Waals surface area contributed by atoms with Crippen LogP contribution in [0.15, 0.2) is 0 Å². The molecule has 6 nitrogen and oxygen atoms in total. The molecule has 3 heterocycles. The number of aryl methyl sites for hydroxylation is 1. The molecule has 0 amide bonds. The van der Waals surface area contributed by atoms with Crippen LogP contribution < -0.4 is 9.80 Å². The van der Waals surface area contributed by atoms with Crippen molar-refractivity contribution in [1.82, 2.24) is 14.9 Å². The van der Waals surface area contributed by atoms with E-state index >= 15 is 0 Å². The minimum absolute atomic E-state index is 0.507. The summed E-state index contributed by atoms with van der Waals surface area (Å²) in [5, 5.41) is 0. The second-order valence-electron chi connectivity index (χ2n) is 7.40. The molecule has 134 valence electrons. The van der Waals surface area contributed by atoms with Crippen molar-refractivity contribution in [3.63, 3.8) is 0 Å². The minimum Gasteiger partial charge on any atom is -0.379 e. The summed E-state index contributed by atoms with van der Waals surface area (Å²) in [5.41, 5.74) is 2.29. The van der Waals surface area contributed by atoms with Gasteiger partial charge in [-0.05, 0) is 40.8 Å². The van der Waals surface area contributed by atoms with Crippen LogP contribution in [0.1, 0.15) is 24.1 Å². The van der Waals surface area contributed by atoms with Crippen molar-refractivity contribution in [3.05, 3.63) is 11.3 Å². The van der Waals surface area contributed by atoms with E-state index in [-0.39, 0.29) is 0 Å². The van der Waals surface area contributed by atoms with Crippen LogP contribution in [0.4, 0.5) is 11.8 Å². The maximum Gasteiger partial charge on any atom is 0.227 e. The van der Waals surface area contributed by atoms with Gasteiger partial charge in [0.2, 0.25) is 5.95 Å². The third kappa shape index (κ3) is 3.98. The van der Waals surface area contributed by atoms with Gasteiger partial charge in [-0.2, -0.15) is 4.98 Å². The molecular formula is C18H31N5O. The van der Waals surface area contributed by atoms with Crippen LogP contribution in [0.3, 0.4) is 0 Å². The Balaban J connectivity index is 1.85. The molecule has 0 aromatic carbocycles. The number of anilines is 2. The molecule has 0 unspecified atom stereocenters. The van der Waals surface area contributed by atoms with Crippen LogP contribution in [0, 0.1) is 19.8 Å². The van der Waals surface area contributed by atoms with Gasteiger partial charge in [-0.3, -0.25) is 0 Å². The van der Waals surface area contributed by atoms with Gasteiger partial charge in [-0.25, -0.2) is 4.98 Å². The molecule has 2 saturated heterocycles. The van der Waals surface area contributed by atoms with Gasteiger partial charge < -0.3 is 19.4 Å². The third-order valence-corrected chi connectivity index (χ3v) is 5.00. The Morgan fingerprint density at radius 3 is 2.54 bits per heavy atom. The van der Waals surface area contributed by atoms with E-state index < -0.39 is 0 Å². The van der Waals surface area contributed by atoms with Gasteiger partial charge in [0.1, 0.15) is 5.82 Å². The van der Waals surface area contributed by atoms with Crippen LogP contribution >= 0.6 is 0 Å². The van der Waals surface area contributed by atoms with Crippen LogP contribution in [0.5, 0.6) is 0 Å². The molecule has 2 aliphatic rings. The minimum atomic E-state index is 0.507. The van der Waals surface area contributed by atoms with E-state index in [9.17, 15) is 0 Å². The fourth-order valence-electron chi connectivity index (χ4n) is 3.67. The second-order valence-corrected chi connectivity index (χ2v) is 7.40. The van der Waals surface area contributed by atoms with Gasteiger partial charge in [0, 0.05) is 49.9 Å². The van der Waals surface area contributed by atoms with Crippen molar-refractivity contribution in [2.24, 2.45) is 5.92 Å². The fraction of sp³-hybridized carbons (Fsp3) is 0.778. The molecule has 0 spiro atoms. The Kier molecular flexibility index (Phi) is 5.56. The monoisotopic (exact) mass is 333 g/mol. The van der Waals surface area contributed by atoms with E-state index in [4.69, 9.17) is 14.7 Å². The van der Waals surface area contributed by atoms with Crippen LogP contribution in [0.2, 0.25) is 0 Å². The van der Waals surface area contributed by atoms with Gasteiger partial charge in [-0.1, -0.05) is 0 Å². The Bertz CT molecular complexity index is 557. The summed E-state index contributed by atoms with van der Waals surface area (Å²) in [6, 6.07) is 0. The number of ether oxygens (including phenoxy) is 1. The first-order chi connectivity index (χ1) is 11.5. The average Bonchev–Trinajstić information content (AvgIpc) is 2.97.